The van der Waals surface area contributed by atoms with Gasteiger partial charge in [0.15, 0.2) is 0 Å². The molecule has 0 saturated heterocycles. The molecule has 4 rings (SSSR count). The molecule has 11 heteroatoms. The number of imide groups is 1. The fourth-order valence-electron chi connectivity index (χ4n) is 3.87. The molecule has 41 heavy (non-hydrogen) atoms. The second-order valence-corrected chi connectivity index (χ2v) is 9.47. The summed E-state index contributed by atoms with van der Waals surface area (Å²) in [6.07, 6.45) is -0.274. The predicted octanol–water partition coefficient (Wildman–Crippen LogP) is 5.12. The predicted molar refractivity (Wildman–Crippen MR) is 153 cm³/mol. The van der Waals surface area contributed by atoms with Crippen LogP contribution in [-0.4, -0.2) is 42.4 Å². The first kappa shape index (κ1) is 29.0. The highest BCUT2D eigenvalue weighted by molar-refractivity contribution is 6.53. The molecule has 0 radical (unpaired) electrons. The van der Waals surface area contributed by atoms with Crippen LogP contribution in [0.4, 0.5) is 17.1 Å². The molecule has 0 unspecified atom stereocenters. The Morgan fingerprint density at radius 3 is 2.12 bits per heavy atom. The average Bonchev–Trinajstić information content (AvgIpc) is 3.16. The zero-order valence-electron chi connectivity index (χ0n) is 22.4. The molecule has 3 aromatic carbocycles. The summed E-state index contributed by atoms with van der Waals surface area (Å²) >= 11 is 6.21. The molecular weight excluding hydrogens is 550 g/mol. The summed E-state index contributed by atoms with van der Waals surface area (Å²) in [4.78, 5) is 63.6. The zero-order chi connectivity index (χ0) is 29.7. The number of halogens is 1. The first-order chi connectivity index (χ1) is 19.6. The topological polar surface area (TPSA) is 131 Å². The van der Waals surface area contributed by atoms with Gasteiger partial charge in [0.2, 0.25) is 0 Å². The molecule has 3 amide bonds. The fraction of sp³-hybridized carbons (Fsp3) is 0.167. The third kappa shape index (κ3) is 6.62. The maximum absolute atomic E-state index is 13.1. The second-order valence-electron chi connectivity index (χ2n) is 9.09. The van der Waals surface area contributed by atoms with Gasteiger partial charge in [-0.05, 0) is 87.5 Å². The molecule has 10 nitrogen and oxygen atoms in total. The molecule has 0 bridgehead atoms. The van der Waals surface area contributed by atoms with Gasteiger partial charge < -0.3 is 20.1 Å². The average molecular weight is 576 g/mol. The third-order valence-electron chi connectivity index (χ3n) is 5.78. The number of amides is 3. The van der Waals surface area contributed by atoms with E-state index >= 15 is 0 Å². The van der Waals surface area contributed by atoms with E-state index in [1.165, 1.54) is 42.5 Å². The smallest absolute Gasteiger partial charge is 0.338 e. The molecule has 210 valence electrons. The van der Waals surface area contributed by atoms with Crippen LogP contribution >= 0.6 is 11.6 Å². The highest BCUT2D eigenvalue weighted by atomic mass is 35.5. The number of ether oxygens (including phenoxy) is 2. The minimum absolute atomic E-state index is 0.131. The van der Waals surface area contributed by atoms with E-state index in [2.05, 4.69) is 10.6 Å². The van der Waals surface area contributed by atoms with Crippen LogP contribution in [0.25, 0.3) is 0 Å². The van der Waals surface area contributed by atoms with E-state index in [1.807, 2.05) is 0 Å². The Labute approximate surface area is 240 Å². The monoisotopic (exact) mass is 575 g/mol. The Morgan fingerprint density at radius 1 is 0.829 bits per heavy atom. The number of hydrogen-bond donors (Lipinski definition) is 2. The van der Waals surface area contributed by atoms with E-state index < -0.39 is 29.7 Å². The van der Waals surface area contributed by atoms with Gasteiger partial charge >= 0.3 is 11.9 Å². The lowest BCUT2D eigenvalue weighted by Crippen LogP contribution is -2.32. The van der Waals surface area contributed by atoms with E-state index in [0.717, 1.165) is 4.90 Å². The van der Waals surface area contributed by atoms with Crippen molar-refractivity contribution in [2.75, 3.05) is 22.1 Å². The van der Waals surface area contributed by atoms with Gasteiger partial charge in [-0.15, -0.1) is 0 Å². The lowest BCUT2D eigenvalue weighted by molar-refractivity contribution is -0.120. The maximum Gasteiger partial charge on any atom is 0.338 e. The highest BCUT2D eigenvalue weighted by Gasteiger charge is 2.39. The van der Waals surface area contributed by atoms with Crippen LogP contribution in [0.5, 0.6) is 0 Å². The van der Waals surface area contributed by atoms with Crippen LogP contribution in [0.2, 0.25) is 0 Å². The van der Waals surface area contributed by atoms with E-state index in [1.54, 1.807) is 51.1 Å². The van der Waals surface area contributed by atoms with E-state index in [9.17, 15) is 24.0 Å². The Bertz CT molecular complexity index is 1550. The number of nitrogens with one attached hydrogen (secondary N) is 2. The molecular formula is C30H26ClN3O7. The molecule has 2 N–H and O–H groups in total. The minimum Gasteiger partial charge on any atom is -0.462 e. The number of nitrogens with zero attached hydrogens (tertiary/aromatic N) is 1. The van der Waals surface area contributed by atoms with Crippen LogP contribution < -0.4 is 15.5 Å². The second kappa shape index (κ2) is 12.5. The molecule has 0 spiro atoms. The van der Waals surface area contributed by atoms with Crippen molar-refractivity contribution >= 4 is 58.3 Å². The number of esters is 2. The Balaban J connectivity index is 1.42. The number of anilines is 3. The Kier molecular flexibility index (Phi) is 8.84. The molecule has 1 aliphatic rings. The molecule has 1 aliphatic heterocycles. The van der Waals surface area contributed by atoms with Crippen molar-refractivity contribution in [3.8, 4) is 0 Å². The van der Waals surface area contributed by atoms with Gasteiger partial charge in [-0.2, -0.15) is 0 Å². The van der Waals surface area contributed by atoms with Crippen molar-refractivity contribution in [1.29, 1.82) is 0 Å². The quantitative estimate of drug-likeness (QED) is 0.266. The van der Waals surface area contributed by atoms with Crippen molar-refractivity contribution < 1.29 is 33.4 Å². The normalized spacial score (nSPS) is 13.0. The maximum atomic E-state index is 13.1. The molecule has 0 aromatic heterocycles. The fourth-order valence-corrected chi connectivity index (χ4v) is 4.08. The van der Waals surface area contributed by atoms with Gasteiger partial charge in [-0.3, -0.25) is 14.4 Å². The Morgan fingerprint density at radius 2 is 1.49 bits per heavy atom. The minimum atomic E-state index is -0.724. The summed E-state index contributed by atoms with van der Waals surface area (Å²) in [5.74, 6) is -2.84. The van der Waals surface area contributed by atoms with E-state index in [4.69, 9.17) is 21.1 Å². The summed E-state index contributed by atoms with van der Waals surface area (Å²) in [6, 6.07) is 18.3. The van der Waals surface area contributed by atoms with Crippen molar-refractivity contribution in [1.82, 2.24) is 0 Å². The largest absolute Gasteiger partial charge is 0.462 e. The molecule has 0 atom stereocenters. The lowest BCUT2D eigenvalue weighted by atomic mass is 10.1. The van der Waals surface area contributed by atoms with Gasteiger partial charge in [0.05, 0.1) is 29.5 Å². The summed E-state index contributed by atoms with van der Waals surface area (Å²) in [5.41, 5.74) is 1.82. The van der Waals surface area contributed by atoms with Gasteiger partial charge in [-0.1, -0.05) is 17.7 Å². The van der Waals surface area contributed by atoms with E-state index in [0.29, 0.717) is 22.5 Å². The van der Waals surface area contributed by atoms with Gasteiger partial charge in [0.1, 0.15) is 10.7 Å². The van der Waals surface area contributed by atoms with Crippen molar-refractivity contribution in [2.45, 2.75) is 26.9 Å². The van der Waals surface area contributed by atoms with Gasteiger partial charge in [-0.25, -0.2) is 14.5 Å². The summed E-state index contributed by atoms with van der Waals surface area (Å²) in [7, 11) is 0. The highest BCUT2D eigenvalue weighted by Crippen LogP contribution is 2.30. The number of hydrogen-bond acceptors (Lipinski definition) is 8. The standard InChI is InChI=1S/C30H26ClN3O7/c1-4-40-29(38)19-10-14-23(15-11-19)34-27(36)24(31)25(28(34)37)32-21-12-8-18(9-13-21)26(35)33-22-7-5-6-20(16-22)30(39)41-17(2)3/h5-17,32H,4H2,1-3H3,(H,33,35). The SMILES string of the molecule is CCOC(=O)c1ccc(N2C(=O)C(Cl)=C(Nc3ccc(C(=O)Nc4cccc(C(=O)OC(C)C)c4)cc3)C2=O)cc1. The third-order valence-corrected chi connectivity index (χ3v) is 6.13. The van der Waals surface area contributed by atoms with Crippen LogP contribution in [0, 0.1) is 0 Å². The molecule has 1 heterocycles. The summed E-state index contributed by atoms with van der Waals surface area (Å²) in [5, 5.41) is 5.27. The zero-order valence-corrected chi connectivity index (χ0v) is 23.2. The van der Waals surface area contributed by atoms with E-state index in [-0.39, 0.29) is 34.7 Å². The first-order valence-electron chi connectivity index (χ1n) is 12.6. The molecule has 3 aromatic rings. The van der Waals surface area contributed by atoms with Crippen LogP contribution in [0.3, 0.4) is 0 Å². The summed E-state index contributed by atoms with van der Waals surface area (Å²) in [6.45, 7) is 5.40. The Hall–Kier alpha value is -4.96. The molecule has 0 fully saturated rings. The first-order valence-corrected chi connectivity index (χ1v) is 13.0. The van der Waals surface area contributed by atoms with Gasteiger partial charge in [0, 0.05) is 16.9 Å². The number of carbonyl (C=O) groups is 5. The van der Waals surface area contributed by atoms with Crippen molar-refractivity contribution in [3.05, 3.63) is 100 Å². The number of benzene rings is 3. The van der Waals surface area contributed by atoms with Gasteiger partial charge in [0.25, 0.3) is 17.7 Å². The lowest BCUT2D eigenvalue weighted by Gasteiger charge is -2.15. The molecule has 0 saturated carbocycles. The van der Waals surface area contributed by atoms with Crippen LogP contribution in [0.1, 0.15) is 51.8 Å². The van der Waals surface area contributed by atoms with Crippen molar-refractivity contribution in [3.63, 3.8) is 0 Å². The number of carbonyl (C=O) groups excluding carboxylic acids is 5. The van der Waals surface area contributed by atoms with Crippen LogP contribution in [0.15, 0.2) is 83.5 Å². The van der Waals surface area contributed by atoms with Crippen LogP contribution in [-0.2, 0) is 19.1 Å². The summed E-state index contributed by atoms with van der Waals surface area (Å²) < 4.78 is 10.1. The molecule has 0 aliphatic carbocycles. The number of rotatable bonds is 9. The van der Waals surface area contributed by atoms with Crippen molar-refractivity contribution in [2.24, 2.45) is 0 Å².